The van der Waals surface area contributed by atoms with Crippen LogP contribution in [0.1, 0.15) is 20.3 Å². The van der Waals surface area contributed by atoms with Gasteiger partial charge in [-0.25, -0.2) is 13.2 Å². The topological polar surface area (TPSA) is 109 Å². The number of nitroso groups, excluding NO2 is 1. The van der Waals surface area contributed by atoms with Crippen molar-refractivity contribution in [3.05, 3.63) is 29.4 Å². The molecule has 0 atom stereocenters. The number of pyridine rings is 1. The number of sulfonamides is 1. The van der Waals surface area contributed by atoms with Crippen LogP contribution in [0.25, 0.3) is 0 Å². The van der Waals surface area contributed by atoms with Gasteiger partial charge in [0.05, 0.1) is 0 Å². The first kappa shape index (κ1) is 18.2. The van der Waals surface area contributed by atoms with Gasteiger partial charge in [-0.2, -0.15) is 4.31 Å². The third-order valence-electron chi connectivity index (χ3n) is 2.78. The summed E-state index contributed by atoms with van der Waals surface area (Å²) in [5.74, 6) is 0.151. The number of nitrogens with one attached hydrogen (secondary N) is 1. The van der Waals surface area contributed by atoms with Crippen molar-refractivity contribution in [1.29, 1.82) is 0 Å². The van der Waals surface area contributed by atoms with E-state index < -0.39 is 16.1 Å². The van der Waals surface area contributed by atoms with E-state index in [4.69, 9.17) is 0 Å². The van der Waals surface area contributed by atoms with Gasteiger partial charge in [-0.1, -0.05) is 13.8 Å². The maximum Gasteiger partial charge on any atom is 0.378 e. The predicted octanol–water partition coefficient (Wildman–Crippen LogP) is 1.59. The van der Waals surface area contributed by atoms with Crippen LogP contribution >= 0.6 is 0 Å². The molecule has 0 unspecified atom stereocenters. The van der Waals surface area contributed by atoms with E-state index in [0.29, 0.717) is 13.0 Å². The molecule has 1 rings (SSSR count). The molecule has 0 aliphatic rings. The van der Waals surface area contributed by atoms with Crippen molar-refractivity contribution < 1.29 is 13.2 Å². The van der Waals surface area contributed by atoms with Gasteiger partial charge in [0.15, 0.2) is 0 Å². The zero-order valence-electron chi connectivity index (χ0n) is 12.6. The van der Waals surface area contributed by atoms with E-state index in [2.05, 4.69) is 15.5 Å². The number of hydrogen-bond donors (Lipinski definition) is 1. The molecule has 1 aromatic rings. The van der Waals surface area contributed by atoms with Crippen molar-refractivity contribution in [2.45, 2.75) is 25.2 Å². The maximum absolute atomic E-state index is 12.6. The summed E-state index contributed by atoms with van der Waals surface area (Å²) in [6, 6.07) is 2.11. The summed E-state index contributed by atoms with van der Waals surface area (Å²) in [5, 5.41) is 4.49. The Labute approximate surface area is 129 Å². The van der Waals surface area contributed by atoms with Crippen molar-refractivity contribution >= 4 is 16.1 Å². The Bertz CT molecular complexity index is 589. The van der Waals surface area contributed by atoms with Crippen molar-refractivity contribution in [2.24, 2.45) is 11.1 Å². The molecule has 0 spiro atoms. The van der Waals surface area contributed by atoms with Crippen molar-refractivity contribution in [1.82, 2.24) is 14.6 Å². The first-order valence-corrected chi connectivity index (χ1v) is 8.33. The minimum Gasteiger partial charge on any atom is -0.334 e. The molecule has 1 aromatic heterocycles. The standard InChI is InChI=1S/C13H20N4O4S/c1-11(2)10-17(8-4-7-15-13(18)16-19)22(20,21)12-5-3-6-14-9-12/h3,5-6,9,11H,4,7-8,10H2,1-2H3,(H,15,18). The molecule has 122 valence electrons. The van der Waals surface area contributed by atoms with Crippen molar-refractivity contribution in [3.63, 3.8) is 0 Å². The molecule has 0 saturated heterocycles. The summed E-state index contributed by atoms with van der Waals surface area (Å²) in [5.41, 5.74) is 0. The number of rotatable bonds is 8. The highest BCUT2D eigenvalue weighted by Gasteiger charge is 2.24. The van der Waals surface area contributed by atoms with Crippen LogP contribution in [0.2, 0.25) is 0 Å². The van der Waals surface area contributed by atoms with Crippen molar-refractivity contribution in [3.8, 4) is 0 Å². The van der Waals surface area contributed by atoms with E-state index in [1.54, 1.807) is 6.07 Å². The number of amides is 2. The molecule has 8 nitrogen and oxygen atoms in total. The first-order chi connectivity index (χ1) is 10.4. The fraction of sp³-hybridized carbons (Fsp3) is 0.538. The molecule has 0 fully saturated rings. The quantitative estimate of drug-likeness (QED) is 0.576. The minimum absolute atomic E-state index is 0.134. The van der Waals surface area contributed by atoms with Gasteiger partial charge < -0.3 is 5.32 Å². The maximum atomic E-state index is 12.6. The average Bonchev–Trinajstić information content (AvgIpc) is 2.50. The average molecular weight is 328 g/mol. The second-order valence-electron chi connectivity index (χ2n) is 5.12. The molecule has 0 radical (unpaired) electrons. The fourth-order valence-corrected chi connectivity index (χ4v) is 3.46. The summed E-state index contributed by atoms with van der Waals surface area (Å²) in [6.45, 7) is 4.61. The third-order valence-corrected chi connectivity index (χ3v) is 4.63. The van der Waals surface area contributed by atoms with Crippen LogP contribution in [0, 0.1) is 10.8 Å². The smallest absolute Gasteiger partial charge is 0.334 e. The molecule has 1 heterocycles. The van der Waals surface area contributed by atoms with Gasteiger partial charge >= 0.3 is 6.03 Å². The van der Waals surface area contributed by atoms with Gasteiger partial charge in [-0.3, -0.25) is 4.98 Å². The lowest BCUT2D eigenvalue weighted by atomic mass is 10.2. The van der Waals surface area contributed by atoms with Crippen molar-refractivity contribution in [2.75, 3.05) is 19.6 Å². The molecule has 0 saturated carbocycles. The minimum atomic E-state index is -3.63. The Balaban J connectivity index is 2.75. The Kier molecular flexibility index (Phi) is 7.06. The SMILES string of the molecule is CC(C)CN(CCCNC(=O)N=O)S(=O)(=O)c1cccnc1. The van der Waals surface area contributed by atoms with Gasteiger partial charge in [-0.15, -0.1) is 4.91 Å². The van der Waals surface area contributed by atoms with E-state index in [0.717, 1.165) is 0 Å². The van der Waals surface area contributed by atoms with E-state index >= 15 is 0 Å². The summed E-state index contributed by atoms with van der Waals surface area (Å²) < 4.78 is 26.5. The van der Waals surface area contributed by atoms with E-state index in [-0.39, 0.29) is 23.9 Å². The lowest BCUT2D eigenvalue weighted by Gasteiger charge is -2.23. The Morgan fingerprint density at radius 3 is 2.73 bits per heavy atom. The highest BCUT2D eigenvalue weighted by Crippen LogP contribution is 2.16. The van der Waals surface area contributed by atoms with Gasteiger partial charge in [-0.05, 0) is 24.5 Å². The molecule has 0 aliphatic carbocycles. The third kappa shape index (κ3) is 5.49. The van der Waals surface area contributed by atoms with Gasteiger partial charge in [0.25, 0.3) is 0 Å². The predicted molar refractivity (Wildman–Crippen MR) is 81.6 cm³/mol. The largest absolute Gasteiger partial charge is 0.378 e. The van der Waals surface area contributed by atoms with E-state index in [1.807, 2.05) is 13.8 Å². The molecule has 2 amide bonds. The van der Waals surface area contributed by atoms with Crippen LogP contribution in [0.5, 0.6) is 0 Å². The first-order valence-electron chi connectivity index (χ1n) is 6.89. The molecular formula is C13H20N4O4S. The molecule has 9 heteroatoms. The summed E-state index contributed by atoms with van der Waals surface area (Å²) in [4.78, 5) is 24.6. The van der Waals surface area contributed by atoms with Crippen LogP contribution in [0.4, 0.5) is 4.79 Å². The summed E-state index contributed by atoms with van der Waals surface area (Å²) in [7, 11) is -3.63. The molecule has 0 aliphatic heterocycles. The second kappa shape index (κ2) is 8.54. The number of urea groups is 1. The van der Waals surface area contributed by atoms with E-state index in [1.165, 1.54) is 22.8 Å². The number of hydrogen-bond acceptors (Lipinski definition) is 5. The molecule has 1 N–H and O–H groups in total. The van der Waals surface area contributed by atoms with Gasteiger partial charge in [0.2, 0.25) is 10.0 Å². The molecule has 0 bridgehead atoms. The zero-order valence-corrected chi connectivity index (χ0v) is 13.4. The molecule has 0 aromatic carbocycles. The fourth-order valence-electron chi connectivity index (χ4n) is 1.85. The Morgan fingerprint density at radius 2 is 2.18 bits per heavy atom. The number of carbonyl (C=O) groups excluding carboxylic acids is 1. The van der Waals surface area contributed by atoms with Crippen LogP contribution in [-0.2, 0) is 10.0 Å². The van der Waals surface area contributed by atoms with E-state index in [9.17, 15) is 18.1 Å². The highest BCUT2D eigenvalue weighted by atomic mass is 32.2. The zero-order chi connectivity index (χ0) is 16.6. The Morgan fingerprint density at radius 1 is 1.45 bits per heavy atom. The normalized spacial score (nSPS) is 11.6. The number of carbonyl (C=O) groups is 1. The lowest BCUT2D eigenvalue weighted by molar-refractivity contribution is 0.248. The second-order valence-corrected chi connectivity index (χ2v) is 7.06. The monoisotopic (exact) mass is 328 g/mol. The van der Waals surface area contributed by atoms with Crippen LogP contribution in [0.15, 0.2) is 34.6 Å². The summed E-state index contributed by atoms with van der Waals surface area (Å²) in [6.07, 6.45) is 3.20. The van der Waals surface area contributed by atoms with Crippen LogP contribution in [-0.4, -0.2) is 43.4 Å². The number of aromatic nitrogens is 1. The highest BCUT2D eigenvalue weighted by molar-refractivity contribution is 7.89. The van der Waals surface area contributed by atoms with Crippen LogP contribution in [0.3, 0.4) is 0 Å². The molecular weight excluding hydrogens is 308 g/mol. The summed E-state index contributed by atoms with van der Waals surface area (Å²) >= 11 is 0. The lowest BCUT2D eigenvalue weighted by Crippen LogP contribution is -2.36. The molecule has 22 heavy (non-hydrogen) atoms. The Hall–Kier alpha value is -1.87. The van der Waals surface area contributed by atoms with Gasteiger partial charge in [0, 0.05) is 37.2 Å². The number of nitrogens with zero attached hydrogens (tertiary/aromatic N) is 3. The van der Waals surface area contributed by atoms with Crippen LogP contribution < -0.4 is 5.32 Å². The van der Waals surface area contributed by atoms with Gasteiger partial charge in [0.1, 0.15) is 4.90 Å².